The average Bonchev–Trinajstić information content (AvgIpc) is 2.78. The molecule has 1 unspecified atom stereocenters. The summed E-state index contributed by atoms with van der Waals surface area (Å²) in [6, 6.07) is 6.86. The fourth-order valence-electron chi connectivity index (χ4n) is 3.57. The molecule has 1 aliphatic heterocycles. The summed E-state index contributed by atoms with van der Waals surface area (Å²) in [5, 5.41) is 16.8. The van der Waals surface area contributed by atoms with E-state index in [0.29, 0.717) is 24.4 Å². The summed E-state index contributed by atoms with van der Waals surface area (Å²) in [5.74, 6) is 0.463. The predicted octanol–water partition coefficient (Wildman–Crippen LogP) is 4.55. The number of rotatable bonds is 6. The lowest BCUT2D eigenvalue weighted by Gasteiger charge is -2.35. The maximum Gasteiger partial charge on any atom is 0.410 e. The molecule has 0 bridgehead atoms. The number of likely N-dealkylation sites (tertiary alicyclic amines) is 1. The van der Waals surface area contributed by atoms with E-state index in [-0.39, 0.29) is 23.2 Å². The highest BCUT2D eigenvalue weighted by Crippen LogP contribution is 2.32. The fraction of sp³-hybridized carbons (Fsp3) is 0.435. The summed E-state index contributed by atoms with van der Waals surface area (Å²) in [6.45, 7) is 5.77. The number of carbonyl (C=O) groups is 2. The molecule has 11 heteroatoms. The minimum absolute atomic E-state index is 0.123. The molecule has 2 heterocycles. The van der Waals surface area contributed by atoms with Gasteiger partial charge >= 0.3 is 6.09 Å². The Morgan fingerprint density at radius 3 is 2.59 bits per heavy atom. The Balaban J connectivity index is 1.72. The van der Waals surface area contributed by atoms with Crippen molar-refractivity contribution in [2.24, 2.45) is 0 Å². The number of anilines is 2. The molecule has 11 nitrogen and oxygen atoms in total. The highest BCUT2D eigenvalue weighted by molar-refractivity contribution is 5.96. The van der Waals surface area contributed by atoms with Gasteiger partial charge in [-0.15, -0.1) is 0 Å². The summed E-state index contributed by atoms with van der Waals surface area (Å²) < 4.78 is 11.2. The molecule has 182 valence electrons. The second kappa shape index (κ2) is 10.4. The minimum atomic E-state index is -0.674. The number of carbonyl (C=O) groups excluding carboxylic acids is 2. The van der Waals surface area contributed by atoms with E-state index in [0.717, 1.165) is 12.8 Å². The molecule has 0 saturated carbocycles. The van der Waals surface area contributed by atoms with E-state index in [1.54, 1.807) is 46.0 Å². The Morgan fingerprint density at radius 2 is 1.91 bits per heavy atom. The van der Waals surface area contributed by atoms with Gasteiger partial charge < -0.3 is 20.1 Å². The van der Waals surface area contributed by atoms with Crippen molar-refractivity contribution in [3.8, 4) is 11.5 Å². The van der Waals surface area contributed by atoms with Crippen LogP contribution in [0.3, 0.4) is 0 Å². The number of hydrogen-bond acceptors (Lipinski definition) is 8. The van der Waals surface area contributed by atoms with Gasteiger partial charge in [-0.25, -0.2) is 9.78 Å². The number of ether oxygens (including phenoxy) is 2. The average molecular weight is 472 g/mol. The molecule has 2 N–H and O–H groups in total. The minimum Gasteiger partial charge on any atom is -0.457 e. The Hall–Kier alpha value is -3.89. The van der Waals surface area contributed by atoms with Crippen LogP contribution >= 0.6 is 0 Å². The molecule has 3 rings (SSSR count). The van der Waals surface area contributed by atoms with Crippen molar-refractivity contribution in [3.63, 3.8) is 0 Å². The van der Waals surface area contributed by atoms with Crippen LogP contribution in [0.1, 0.15) is 40.0 Å². The number of piperidine rings is 1. The largest absolute Gasteiger partial charge is 0.457 e. The molecular formula is C23H29N5O6. The molecule has 0 radical (unpaired) electrons. The maximum absolute atomic E-state index is 13.0. The highest BCUT2D eigenvalue weighted by atomic mass is 16.6. The van der Waals surface area contributed by atoms with Crippen molar-refractivity contribution < 1.29 is 24.0 Å². The molecule has 1 aromatic heterocycles. The van der Waals surface area contributed by atoms with Gasteiger partial charge in [0.2, 0.25) is 5.91 Å². The van der Waals surface area contributed by atoms with E-state index in [9.17, 15) is 19.7 Å². The first-order chi connectivity index (χ1) is 16.1. The smallest absolute Gasteiger partial charge is 0.410 e. The van der Waals surface area contributed by atoms with Crippen LogP contribution in [0, 0.1) is 10.1 Å². The zero-order chi connectivity index (χ0) is 24.9. The molecule has 1 aromatic carbocycles. The summed E-state index contributed by atoms with van der Waals surface area (Å²) in [7, 11) is 1.59. The molecule has 0 spiro atoms. The van der Waals surface area contributed by atoms with Crippen LogP contribution in [0.4, 0.5) is 22.0 Å². The number of aromatic nitrogens is 1. The zero-order valence-corrected chi connectivity index (χ0v) is 19.7. The molecular weight excluding hydrogens is 442 g/mol. The van der Waals surface area contributed by atoms with Crippen LogP contribution in [0.2, 0.25) is 0 Å². The Kier molecular flexibility index (Phi) is 7.54. The molecule has 1 atom stereocenters. The number of nitrogens with zero attached hydrogens (tertiary/aromatic N) is 3. The molecule has 1 fully saturated rings. The van der Waals surface area contributed by atoms with Gasteiger partial charge in [0.1, 0.15) is 34.6 Å². The summed E-state index contributed by atoms with van der Waals surface area (Å²) in [4.78, 5) is 42.0. The third-order valence-corrected chi connectivity index (χ3v) is 5.09. The number of pyridine rings is 1. The number of amides is 2. The Labute approximate surface area is 197 Å². The van der Waals surface area contributed by atoms with Crippen LogP contribution in [-0.2, 0) is 9.53 Å². The van der Waals surface area contributed by atoms with Crippen LogP contribution in [-0.4, -0.2) is 52.0 Å². The van der Waals surface area contributed by atoms with Gasteiger partial charge in [0.25, 0.3) is 5.69 Å². The normalized spacial score (nSPS) is 15.9. The van der Waals surface area contributed by atoms with Gasteiger partial charge in [-0.2, -0.15) is 0 Å². The molecule has 34 heavy (non-hydrogen) atoms. The van der Waals surface area contributed by atoms with Crippen molar-refractivity contribution >= 4 is 29.2 Å². The third-order valence-electron chi connectivity index (χ3n) is 5.09. The first kappa shape index (κ1) is 24.7. The molecule has 1 saturated heterocycles. The number of nitro benzene ring substituents is 1. The quantitative estimate of drug-likeness (QED) is 0.462. The van der Waals surface area contributed by atoms with Crippen molar-refractivity contribution in [2.75, 3.05) is 24.2 Å². The summed E-state index contributed by atoms with van der Waals surface area (Å²) in [5.41, 5.74) is -0.423. The Morgan fingerprint density at radius 1 is 1.18 bits per heavy atom. The maximum atomic E-state index is 13.0. The predicted molar refractivity (Wildman–Crippen MR) is 126 cm³/mol. The van der Waals surface area contributed by atoms with E-state index < -0.39 is 22.7 Å². The fourth-order valence-corrected chi connectivity index (χ4v) is 3.57. The van der Waals surface area contributed by atoms with Crippen molar-refractivity contribution in [1.29, 1.82) is 0 Å². The number of nitrogens with one attached hydrogen (secondary N) is 2. The summed E-state index contributed by atoms with van der Waals surface area (Å²) in [6.07, 6.45) is 3.05. The third kappa shape index (κ3) is 6.33. The monoisotopic (exact) mass is 471 g/mol. The van der Waals surface area contributed by atoms with Crippen LogP contribution in [0.15, 0.2) is 36.5 Å². The van der Waals surface area contributed by atoms with E-state index >= 15 is 0 Å². The second-order valence-electron chi connectivity index (χ2n) is 8.84. The van der Waals surface area contributed by atoms with E-state index in [1.807, 2.05) is 0 Å². The number of benzene rings is 1. The molecule has 0 aliphatic carbocycles. The van der Waals surface area contributed by atoms with Crippen LogP contribution < -0.4 is 15.4 Å². The second-order valence-corrected chi connectivity index (χ2v) is 8.84. The van der Waals surface area contributed by atoms with Gasteiger partial charge in [-0.1, -0.05) is 0 Å². The highest BCUT2D eigenvalue weighted by Gasteiger charge is 2.35. The van der Waals surface area contributed by atoms with Crippen LogP contribution in [0.25, 0.3) is 0 Å². The van der Waals surface area contributed by atoms with E-state index in [2.05, 4.69) is 15.6 Å². The van der Waals surface area contributed by atoms with Gasteiger partial charge in [0.15, 0.2) is 0 Å². The summed E-state index contributed by atoms with van der Waals surface area (Å²) >= 11 is 0. The lowest BCUT2D eigenvalue weighted by molar-refractivity contribution is -0.384. The standard InChI is InChI=1S/C23H29N5O6/c1-23(2,3)34-22(30)27-12-6-5-7-18(27)21(29)26-20-14-16(10-11-25-20)33-15-8-9-17(24-4)19(13-15)28(31)32/h8-11,13-14,18,24H,5-7,12H2,1-4H3,(H,25,26,29). The molecule has 2 amide bonds. The van der Waals surface area contributed by atoms with E-state index in [4.69, 9.17) is 9.47 Å². The molecule has 2 aromatic rings. The topological polar surface area (TPSA) is 136 Å². The first-order valence-corrected chi connectivity index (χ1v) is 11.0. The van der Waals surface area contributed by atoms with Crippen molar-refractivity contribution in [1.82, 2.24) is 9.88 Å². The van der Waals surface area contributed by atoms with Crippen molar-refractivity contribution in [3.05, 3.63) is 46.6 Å². The first-order valence-electron chi connectivity index (χ1n) is 11.0. The zero-order valence-electron chi connectivity index (χ0n) is 19.7. The lowest BCUT2D eigenvalue weighted by atomic mass is 10.0. The SMILES string of the molecule is CNc1ccc(Oc2ccnc(NC(=O)C3CCCCN3C(=O)OC(C)(C)C)c2)cc1[N+](=O)[O-]. The lowest BCUT2D eigenvalue weighted by Crippen LogP contribution is -2.51. The Bertz CT molecular complexity index is 1070. The van der Waals surface area contributed by atoms with Crippen LogP contribution in [0.5, 0.6) is 11.5 Å². The number of hydrogen-bond donors (Lipinski definition) is 2. The van der Waals surface area contributed by atoms with Crippen molar-refractivity contribution in [2.45, 2.75) is 51.7 Å². The van der Waals surface area contributed by atoms with Gasteiger partial charge in [-0.05, 0) is 58.2 Å². The van der Waals surface area contributed by atoms with Gasteiger partial charge in [0.05, 0.1) is 11.0 Å². The van der Waals surface area contributed by atoms with Gasteiger partial charge in [-0.3, -0.25) is 19.8 Å². The van der Waals surface area contributed by atoms with E-state index in [1.165, 1.54) is 23.2 Å². The molecule has 1 aliphatic rings. The number of nitro groups is 1. The van der Waals surface area contributed by atoms with Gasteiger partial charge in [0, 0.05) is 25.9 Å².